The molecular formula is C26H43N3O5S. The van der Waals surface area contributed by atoms with Crippen LogP contribution in [0.15, 0.2) is 24.3 Å². The van der Waals surface area contributed by atoms with E-state index in [1.165, 1.54) is 4.90 Å². The molecule has 9 heteroatoms. The maximum atomic E-state index is 13.8. The molecule has 1 aromatic carbocycles. The Kier molecular flexibility index (Phi) is 12.1. The first-order valence-corrected chi connectivity index (χ1v) is 13.4. The first-order valence-electron chi connectivity index (χ1n) is 12.0. The number of aliphatic hydroxyl groups is 1. The number of carbonyl (C=O) groups excluding carboxylic acids is 3. The molecule has 0 aliphatic heterocycles. The second-order valence-electron chi connectivity index (χ2n) is 10.5. The molecule has 0 spiro atoms. The van der Waals surface area contributed by atoms with Crippen LogP contribution in [-0.2, 0) is 20.7 Å². The average molecular weight is 510 g/mol. The van der Waals surface area contributed by atoms with E-state index in [4.69, 9.17) is 4.74 Å². The number of ether oxygens (including phenoxy) is 1. The number of nitrogens with one attached hydrogen (secondary N) is 2. The highest BCUT2D eigenvalue weighted by Gasteiger charge is 2.36. The quantitative estimate of drug-likeness (QED) is 0.420. The number of rotatable bonds is 11. The molecule has 198 valence electrons. The zero-order valence-corrected chi connectivity index (χ0v) is 23.3. The molecule has 0 saturated carbocycles. The van der Waals surface area contributed by atoms with Gasteiger partial charge in [0.05, 0.1) is 6.61 Å². The number of thioether (sulfide) groups is 1. The zero-order valence-electron chi connectivity index (χ0n) is 22.4. The van der Waals surface area contributed by atoms with Crippen molar-refractivity contribution in [2.45, 2.75) is 84.5 Å². The summed E-state index contributed by atoms with van der Waals surface area (Å²) in [5.41, 5.74) is 0.484. The van der Waals surface area contributed by atoms with Crippen LogP contribution >= 0.6 is 11.8 Å². The van der Waals surface area contributed by atoms with E-state index in [9.17, 15) is 19.5 Å². The highest BCUT2D eigenvalue weighted by atomic mass is 32.2. The van der Waals surface area contributed by atoms with E-state index in [-0.39, 0.29) is 19.1 Å². The minimum Gasteiger partial charge on any atom is -0.444 e. The summed E-state index contributed by atoms with van der Waals surface area (Å²) in [5.74, 6) is -0.194. The third-order valence-corrected chi connectivity index (χ3v) is 5.63. The second-order valence-corrected chi connectivity index (χ2v) is 11.5. The SMILES string of the molecule is CCc1ccc(C(C(=O)NC(C)(C)C)N(CCO)C(=O)C(CCSC)NC(=O)OC(C)(C)C)cc1. The van der Waals surface area contributed by atoms with Crippen LogP contribution in [0.5, 0.6) is 0 Å². The van der Waals surface area contributed by atoms with Gasteiger partial charge in [-0.15, -0.1) is 0 Å². The van der Waals surface area contributed by atoms with Crippen molar-refractivity contribution in [1.82, 2.24) is 15.5 Å². The number of alkyl carbamates (subject to hydrolysis) is 1. The number of aryl methyl sites for hydroxylation is 1. The molecule has 0 fully saturated rings. The highest BCUT2D eigenvalue weighted by Crippen LogP contribution is 2.25. The van der Waals surface area contributed by atoms with Gasteiger partial charge >= 0.3 is 6.09 Å². The number of benzene rings is 1. The van der Waals surface area contributed by atoms with E-state index in [1.54, 1.807) is 32.5 Å². The number of carbonyl (C=O) groups is 3. The molecular weight excluding hydrogens is 466 g/mol. The molecule has 2 unspecified atom stereocenters. The lowest BCUT2D eigenvalue weighted by atomic mass is 9.99. The summed E-state index contributed by atoms with van der Waals surface area (Å²) in [6, 6.07) is 5.64. The number of hydrogen-bond donors (Lipinski definition) is 3. The van der Waals surface area contributed by atoms with Gasteiger partial charge in [-0.05, 0) is 77.5 Å². The van der Waals surface area contributed by atoms with Crippen molar-refractivity contribution in [3.05, 3.63) is 35.4 Å². The summed E-state index contributed by atoms with van der Waals surface area (Å²) in [4.78, 5) is 41.1. The number of aliphatic hydroxyl groups excluding tert-OH is 1. The summed E-state index contributed by atoms with van der Waals surface area (Å²) >= 11 is 1.54. The first kappa shape index (κ1) is 30.8. The Balaban J connectivity index is 3.43. The van der Waals surface area contributed by atoms with Gasteiger partial charge < -0.3 is 25.4 Å². The van der Waals surface area contributed by atoms with Gasteiger partial charge in [0, 0.05) is 12.1 Å². The van der Waals surface area contributed by atoms with Gasteiger partial charge in [0.1, 0.15) is 17.7 Å². The van der Waals surface area contributed by atoms with E-state index in [0.29, 0.717) is 17.7 Å². The Bertz CT molecular complexity index is 831. The maximum Gasteiger partial charge on any atom is 0.408 e. The van der Waals surface area contributed by atoms with Crippen LogP contribution in [0.4, 0.5) is 4.79 Å². The van der Waals surface area contributed by atoms with Crippen LogP contribution in [0.2, 0.25) is 0 Å². The Morgan fingerprint density at radius 1 is 1.09 bits per heavy atom. The summed E-state index contributed by atoms with van der Waals surface area (Å²) in [6.07, 6.45) is 2.40. The van der Waals surface area contributed by atoms with Crippen LogP contribution < -0.4 is 10.6 Å². The maximum absolute atomic E-state index is 13.8. The van der Waals surface area contributed by atoms with E-state index >= 15 is 0 Å². The Morgan fingerprint density at radius 2 is 1.69 bits per heavy atom. The third-order valence-electron chi connectivity index (χ3n) is 4.99. The molecule has 35 heavy (non-hydrogen) atoms. The van der Waals surface area contributed by atoms with Crippen molar-refractivity contribution < 1.29 is 24.2 Å². The van der Waals surface area contributed by atoms with Gasteiger partial charge in [-0.1, -0.05) is 31.2 Å². The van der Waals surface area contributed by atoms with Crippen LogP contribution in [0.1, 0.15) is 72.1 Å². The van der Waals surface area contributed by atoms with Crippen LogP contribution in [0, 0.1) is 0 Å². The number of amides is 3. The molecule has 1 rings (SSSR count). The smallest absolute Gasteiger partial charge is 0.408 e. The average Bonchev–Trinajstić information content (AvgIpc) is 2.73. The number of hydrogen-bond acceptors (Lipinski definition) is 6. The van der Waals surface area contributed by atoms with Gasteiger partial charge in [-0.2, -0.15) is 11.8 Å². The lowest BCUT2D eigenvalue weighted by Crippen LogP contribution is -2.55. The fourth-order valence-electron chi connectivity index (χ4n) is 3.46. The van der Waals surface area contributed by atoms with Gasteiger partial charge in [0.2, 0.25) is 11.8 Å². The van der Waals surface area contributed by atoms with E-state index < -0.39 is 35.2 Å². The standard InChI is InChI=1S/C26H43N3O5S/c1-9-18-10-12-19(13-11-18)21(22(31)28-25(2,3)4)29(15-16-30)23(32)20(14-17-35-8)27-24(33)34-26(5,6)7/h10-13,20-21,30H,9,14-17H2,1-8H3,(H,27,33)(H,28,31). The fourth-order valence-corrected chi connectivity index (χ4v) is 3.94. The van der Waals surface area contributed by atoms with E-state index in [1.807, 2.05) is 58.2 Å². The third kappa shape index (κ3) is 10.9. The van der Waals surface area contributed by atoms with Crippen LogP contribution in [0.25, 0.3) is 0 Å². The lowest BCUT2D eigenvalue weighted by molar-refractivity contribution is -0.143. The minimum atomic E-state index is -0.975. The predicted octanol–water partition coefficient (Wildman–Crippen LogP) is 3.67. The molecule has 0 radical (unpaired) electrons. The first-order chi connectivity index (χ1) is 16.2. The number of nitrogens with zero attached hydrogens (tertiary/aromatic N) is 1. The lowest BCUT2D eigenvalue weighted by Gasteiger charge is -2.35. The molecule has 3 N–H and O–H groups in total. The summed E-state index contributed by atoms with van der Waals surface area (Å²) in [5, 5.41) is 15.5. The van der Waals surface area contributed by atoms with Crippen molar-refractivity contribution in [3.8, 4) is 0 Å². The molecule has 0 bridgehead atoms. The van der Waals surface area contributed by atoms with Gasteiger partial charge in [-0.25, -0.2) is 4.79 Å². The molecule has 2 atom stereocenters. The second kappa shape index (κ2) is 13.7. The molecule has 3 amide bonds. The topological polar surface area (TPSA) is 108 Å². The molecule has 0 aliphatic rings. The molecule has 0 aromatic heterocycles. The van der Waals surface area contributed by atoms with E-state index in [2.05, 4.69) is 10.6 Å². The zero-order chi connectivity index (χ0) is 26.8. The largest absolute Gasteiger partial charge is 0.444 e. The fraction of sp³-hybridized carbons (Fsp3) is 0.654. The predicted molar refractivity (Wildman–Crippen MR) is 141 cm³/mol. The van der Waals surface area contributed by atoms with Crippen molar-refractivity contribution in [2.75, 3.05) is 25.2 Å². The van der Waals surface area contributed by atoms with Gasteiger partial charge in [0.25, 0.3) is 0 Å². The van der Waals surface area contributed by atoms with Crippen molar-refractivity contribution in [2.24, 2.45) is 0 Å². The van der Waals surface area contributed by atoms with E-state index in [0.717, 1.165) is 12.0 Å². The monoisotopic (exact) mass is 509 g/mol. The van der Waals surface area contributed by atoms with Gasteiger partial charge in [0.15, 0.2) is 0 Å². The van der Waals surface area contributed by atoms with Gasteiger partial charge in [-0.3, -0.25) is 9.59 Å². The molecule has 1 aromatic rings. The highest BCUT2D eigenvalue weighted by molar-refractivity contribution is 7.98. The van der Waals surface area contributed by atoms with Crippen molar-refractivity contribution in [3.63, 3.8) is 0 Å². The normalized spacial score (nSPS) is 13.5. The minimum absolute atomic E-state index is 0.0671. The summed E-state index contributed by atoms with van der Waals surface area (Å²) in [6.45, 7) is 12.5. The van der Waals surface area contributed by atoms with Crippen LogP contribution in [0.3, 0.4) is 0 Å². The Labute approximate surface area is 214 Å². The molecule has 0 heterocycles. The molecule has 0 saturated heterocycles. The Morgan fingerprint density at radius 3 is 2.14 bits per heavy atom. The molecule has 0 aliphatic carbocycles. The summed E-state index contributed by atoms with van der Waals surface area (Å²) in [7, 11) is 0. The van der Waals surface area contributed by atoms with Crippen molar-refractivity contribution >= 4 is 29.7 Å². The molecule has 8 nitrogen and oxygen atoms in total. The Hall–Kier alpha value is -2.26. The summed E-state index contributed by atoms with van der Waals surface area (Å²) < 4.78 is 5.37. The van der Waals surface area contributed by atoms with Crippen molar-refractivity contribution in [1.29, 1.82) is 0 Å². The van der Waals surface area contributed by atoms with Crippen LogP contribution in [-0.4, -0.2) is 70.3 Å².